The molecule has 1 unspecified atom stereocenters. The fourth-order valence-electron chi connectivity index (χ4n) is 6.26. The molecule has 2 heterocycles. The average Bonchev–Trinajstić information content (AvgIpc) is 3.24. The Balaban J connectivity index is 1.72. The van der Waals surface area contributed by atoms with Crippen molar-refractivity contribution in [3.8, 4) is 0 Å². The van der Waals surface area contributed by atoms with Crippen LogP contribution in [0.25, 0.3) is 0 Å². The van der Waals surface area contributed by atoms with Gasteiger partial charge in [0.1, 0.15) is 18.0 Å². The second-order valence-corrected chi connectivity index (χ2v) is 8.17. The van der Waals surface area contributed by atoms with E-state index in [4.69, 9.17) is 24.1 Å². The van der Waals surface area contributed by atoms with Gasteiger partial charge in [0.05, 0.1) is 0 Å². The highest BCUT2D eigenvalue weighted by molar-refractivity contribution is 5.83. The van der Waals surface area contributed by atoms with Crippen molar-refractivity contribution in [2.45, 2.75) is 57.3 Å². The van der Waals surface area contributed by atoms with E-state index in [0.717, 1.165) is 6.42 Å². The smallest absolute Gasteiger partial charge is 0.303 e. The van der Waals surface area contributed by atoms with Gasteiger partial charge in [-0.3, -0.25) is 9.59 Å². The van der Waals surface area contributed by atoms with Gasteiger partial charge in [-0.2, -0.15) is 0 Å². The fraction of sp³-hybridized carbons (Fsp3) is 0.889. The van der Waals surface area contributed by atoms with Crippen LogP contribution in [0.15, 0.2) is 0 Å². The van der Waals surface area contributed by atoms with E-state index in [1.807, 2.05) is 0 Å². The summed E-state index contributed by atoms with van der Waals surface area (Å²) >= 11 is 0. The number of rotatable bonds is 3. The van der Waals surface area contributed by atoms with Gasteiger partial charge in [-0.05, 0) is 31.1 Å². The second-order valence-electron chi connectivity index (χ2n) is 8.17. The van der Waals surface area contributed by atoms with Crippen molar-refractivity contribution >= 4 is 11.8 Å². The predicted molar refractivity (Wildman–Crippen MR) is 84.4 cm³/mol. The molecule has 2 aliphatic heterocycles. The summed E-state index contributed by atoms with van der Waals surface area (Å²) in [6, 6.07) is 0. The first kappa shape index (κ1) is 17.4. The number of ketones is 1. The molecule has 2 saturated carbocycles. The lowest BCUT2D eigenvalue weighted by atomic mass is 9.56. The Labute approximate surface area is 146 Å². The van der Waals surface area contributed by atoms with Crippen LogP contribution in [0.4, 0.5) is 0 Å². The molecule has 6 atom stereocenters. The summed E-state index contributed by atoms with van der Waals surface area (Å²) in [6.45, 7) is 4.96. The molecule has 0 bridgehead atoms. The van der Waals surface area contributed by atoms with Crippen LogP contribution in [0.2, 0.25) is 0 Å². The van der Waals surface area contributed by atoms with Crippen molar-refractivity contribution in [1.82, 2.24) is 0 Å². The first-order valence-electron chi connectivity index (χ1n) is 9.10. The summed E-state index contributed by atoms with van der Waals surface area (Å²) in [5.74, 6) is -1.63. The van der Waals surface area contributed by atoms with E-state index in [2.05, 4.69) is 13.8 Å². The zero-order chi connectivity index (χ0) is 17.9. The third-order valence-electron chi connectivity index (χ3n) is 7.24. The van der Waals surface area contributed by atoms with Gasteiger partial charge in [-0.15, -0.1) is 0 Å². The molecule has 7 nitrogen and oxygen atoms in total. The highest BCUT2D eigenvalue weighted by Gasteiger charge is 2.77. The van der Waals surface area contributed by atoms with Crippen LogP contribution in [-0.2, 0) is 28.5 Å². The van der Waals surface area contributed by atoms with Gasteiger partial charge in [-0.25, -0.2) is 0 Å². The standard InChI is InChI=1S/C18H26O7/c1-11-7-13-12(3-4-15(20)21)14(19)5-6-16(13,2)18(11)17(24-10-25-18)8-22-9-23-17/h11-13H,3-10H2,1-2H3,(H,20,21)/t11-,12+,13+,16+,17?,18-/m1/s1. The molecular formula is C18H26O7. The molecule has 2 spiro atoms. The number of aliphatic carboxylic acids is 1. The van der Waals surface area contributed by atoms with E-state index in [0.29, 0.717) is 25.9 Å². The van der Waals surface area contributed by atoms with Gasteiger partial charge in [0.2, 0.25) is 5.79 Å². The SMILES string of the molecule is C[C@@H]1C[C@H]2[C@H](CCC(=O)O)C(=O)CC[C@]2(C)[C@]12OCOC21COCO1. The summed E-state index contributed by atoms with van der Waals surface area (Å²) in [4.78, 5) is 23.6. The third-order valence-corrected chi connectivity index (χ3v) is 7.24. The number of hydrogen-bond donors (Lipinski definition) is 1. The number of ether oxygens (including phenoxy) is 4. The maximum absolute atomic E-state index is 12.6. The first-order chi connectivity index (χ1) is 11.9. The van der Waals surface area contributed by atoms with E-state index < -0.39 is 17.4 Å². The molecular weight excluding hydrogens is 328 g/mol. The Morgan fingerprint density at radius 3 is 2.72 bits per heavy atom. The van der Waals surface area contributed by atoms with Crippen LogP contribution in [-0.4, -0.2) is 48.4 Å². The maximum Gasteiger partial charge on any atom is 0.303 e. The molecule has 1 N–H and O–H groups in total. The third kappa shape index (κ3) is 2.13. The number of carboxylic acid groups (broad SMARTS) is 1. The van der Waals surface area contributed by atoms with Crippen molar-refractivity contribution in [3.05, 3.63) is 0 Å². The van der Waals surface area contributed by atoms with Crippen LogP contribution >= 0.6 is 0 Å². The Bertz CT molecular complexity index is 578. The van der Waals surface area contributed by atoms with Gasteiger partial charge in [0.15, 0.2) is 13.6 Å². The van der Waals surface area contributed by atoms with Crippen molar-refractivity contribution in [1.29, 1.82) is 0 Å². The van der Waals surface area contributed by atoms with Crippen LogP contribution in [0.1, 0.15) is 46.0 Å². The van der Waals surface area contributed by atoms with Gasteiger partial charge in [-0.1, -0.05) is 13.8 Å². The van der Waals surface area contributed by atoms with Crippen molar-refractivity contribution in [2.24, 2.45) is 23.2 Å². The summed E-state index contributed by atoms with van der Waals surface area (Å²) in [5.41, 5.74) is -0.975. The van der Waals surface area contributed by atoms with Crippen LogP contribution < -0.4 is 0 Å². The topological polar surface area (TPSA) is 91.3 Å². The summed E-state index contributed by atoms with van der Waals surface area (Å²) in [5, 5.41) is 9.07. The Hall–Kier alpha value is -1.02. The number of hydrogen-bond acceptors (Lipinski definition) is 6. The second kappa shape index (κ2) is 5.74. The first-order valence-corrected chi connectivity index (χ1v) is 9.10. The van der Waals surface area contributed by atoms with Crippen molar-refractivity contribution in [3.63, 3.8) is 0 Å². The van der Waals surface area contributed by atoms with E-state index in [1.165, 1.54) is 0 Å². The normalized spacial score (nSPS) is 49.2. The number of fused-ring (bicyclic) bond motifs is 3. The van der Waals surface area contributed by atoms with E-state index in [-0.39, 0.29) is 49.0 Å². The summed E-state index contributed by atoms with van der Waals surface area (Å²) in [6.07, 6.45) is 2.38. The fourth-order valence-corrected chi connectivity index (χ4v) is 6.26. The molecule has 4 aliphatic rings. The molecule has 0 aromatic rings. The molecule has 2 saturated heterocycles. The Morgan fingerprint density at radius 1 is 1.28 bits per heavy atom. The molecule has 0 aromatic carbocycles. The largest absolute Gasteiger partial charge is 0.481 e. The molecule has 140 valence electrons. The molecule has 0 aromatic heterocycles. The lowest BCUT2D eigenvalue weighted by Crippen LogP contribution is -2.65. The van der Waals surface area contributed by atoms with Crippen molar-refractivity contribution < 1.29 is 33.6 Å². The lowest BCUT2D eigenvalue weighted by molar-refractivity contribution is -0.254. The quantitative estimate of drug-likeness (QED) is 0.828. The highest BCUT2D eigenvalue weighted by Crippen LogP contribution is 2.68. The average molecular weight is 354 g/mol. The van der Waals surface area contributed by atoms with Gasteiger partial charge in [0.25, 0.3) is 0 Å². The zero-order valence-corrected chi connectivity index (χ0v) is 14.8. The minimum absolute atomic E-state index is 0.0203. The Morgan fingerprint density at radius 2 is 2.04 bits per heavy atom. The van der Waals surface area contributed by atoms with Gasteiger partial charge < -0.3 is 24.1 Å². The maximum atomic E-state index is 12.6. The molecule has 25 heavy (non-hydrogen) atoms. The molecule has 4 fully saturated rings. The van der Waals surface area contributed by atoms with Crippen LogP contribution in [0.3, 0.4) is 0 Å². The number of carbonyl (C=O) groups excluding carboxylic acids is 1. The van der Waals surface area contributed by atoms with E-state index in [9.17, 15) is 9.59 Å². The summed E-state index contributed by atoms with van der Waals surface area (Å²) < 4.78 is 23.6. The predicted octanol–water partition coefficient (Wildman–Crippen LogP) is 1.94. The zero-order valence-electron chi connectivity index (χ0n) is 14.8. The van der Waals surface area contributed by atoms with E-state index in [1.54, 1.807) is 0 Å². The summed E-state index contributed by atoms with van der Waals surface area (Å²) in [7, 11) is 0. The molecule has 0 amide bonds. The minimum atomic E-state index is -0.923. The lowest BCUT2D eigenvalue weighted by Gasteiger charge is -2.53. The molecule has 2 aliphatic carbocycles. The number of carboxylic acids is 1. The number of carbonyl (C=O) groups is 2. The molecule has 7 heteroatoms. The molecule has 0 radical (unpaired) electrons. The molecule has 4 rings (SSSR count). The van der Waals surface area contributed by atoms with Crippen LogP contribution in [0.5, 0.6) is 0 Å². The Kier molecular flexibility index (Phi) is 3.99. The highest BCUT2D eigenvalue weighted by atomic mass is 16.9. The minimum Gasteiger partial charge on any atom is -0.481 e. The van der Waals surface area contributed by atoms with Gasteiger partial charge >= 0.3 is 5.97 Å². The van der Waals surface area contributed by atoms with E-state index >= 15 is 0 Å². The van der Waals surface area contributed by atoms with Crippen molar-refractivity contribution in [2.75, 3.05) is 20.2 Å². The van der Waals surface area contributed by atoms with Crippen LogP contribution in [0, 0.1) is 23.2 Å². The number of Topliss-reactive ketones (excluding diaryl/α,β-unsaturated/α-hetero) is 1. The van der Waals surface area contributed by atoms with Gasteiger partial charge in [0, 0.05) is 24.2 Å². The monoisotopic (exact) mass is 354 g/mol.